The van der Waals surface area contributed by atoms with Gasteiger partial charge in [-0.05, 0) is 34.1 Å². The summed E-state index contributed by atoms with van der Waals surface area (Å²) in [4.78, 5) is 11.5. The third kappa shape index (κ3) is 4.80. The maximum absolute atomic E-state index is 12.9. The summed E-state index contributed by atoms with van der Waals surface area (Å²) >= 11 is 2.94. The Hall–Kier alpha value is -0.990. The molecule has 5 nitrogen and oxygen atoms in total. The molecule has 0 saturated carbocycles. The van der Waals surface area contributed by atoms with E-state index in [1.807, 2.05) is 0 Å². The highest BCUT2D eigenvalue weighted by Crippen LogP contribution is 2.16. The zero-order valence-electron chi connectivity index (χ0n) is 8.61. The van der Waals surface area contributed by atoms with E-state index in [0.29, 0.717) is 0 Å². The van der Waals surface area contributed by atoms with Crippen LogP contribution in [-0.4, -0.2) is 26.6 Å². The van der Waals surface area contributed by atoms with Gasteiger partial charge in [-0.25, -0.2) is 17.9 Å². The first kappa shape index (κ1) is 14.1. The fourth-order valence-electron chi connectivity index (χ4n) is 1.05. The lowest BCUT2D eigenvalue weighted by Gasteiger charge is -2.05. The van der Waals surface area contributed by atoms with Crippen LogP contribution in [0.2, 0.25) is 0 Å². The summed E-state index contributed by atoms with van der Waals surface area (Å²) in [5.41, 5.74) is 0.229. The van der Waals surface area contributed by atoms with Crippen molar-refractivity contribution in [3.63, 3.8) is 0 Å². The number of halogens is 2. The Kier molecular flexibility index (Phi) is 4.61. The molecule has 0 aliphatic carbocycles. The highest BCUT2D eigenvalue weighted by atomic mass is 79.9. The number of hydrogen-bond donors (Lipinski definition) is 2. The Balaban J connectivity index is 2.61. The van der Waals surface area contributed by atoms with Crippen molar-refractivity contribution in [3.8, 4) is 0 Å². The van der Waals surface area contributed by atoms with Crippen molar-refractivity contribution in [3.05, 3.63) is 34.1 Å². The number of rotatable bonds is 4. The number of amides is 1. The van der Waals surface area contributed by atoms with Gasteiger partial charge in [0.1, 0.15) is 5.82 Å². The number of primary sulfonamides is 1. The van der Waals surface area contributed by atoms with Gasteiger partial charge in [-0.15, -0.1) is 0 Å². The van der Waals surface area contributed by atoms with E-state index < -0.39 is 21.7 Å². The van der Waals surface area contributed by atoms with Gasteiger partial charge in [0, 0.05) is 12.1 Å². The van der Waals surface area contributed by atoms with Crippen LogP contribution in [0.15, 0.2) is 22.7 Å². The van der Waals surface area contributed by atoms with Crippen LogP contribution in [0.3, 0.4) is 0 Å². The molecular formula is C9H10BrFN2O3S. The first-order chi connectivity index (χ1) is 7.79. The van der Waals surface area contributed by atoms with Crippen molar-refractivity contribution in [2.24, 2.45) is 5.14 Å². The molecule has 0 aliphatic heterocycles. The van der Waals surface area contributed by atoms with Gasteiger partial charge < -0.3 is 5.32 Å². The second-order valence-corrected chi connectivity index (χ2v) is 5.84. The third-order valence-corrected chi connectivity index (χ3v) is 3.23. The second kappa shape index (κ2) is 5.56. The molecule has 1 amide bonds. The molecule has 8 heteroatoms. The minimum absolute atomic E-state index is 0.0906. The maximum atomic E-state index is 12.9. The van der Waals surface area contributed by atoms with Crippen molar-refractivity contribution in [2.75, 3.05) is 12.3 Å². The molecule has 0 spiro atoms. The number of hydrogen-bond acceptors (Lipinski definition) is 3. The molecule has 0 heterocycles. The van der Waals surface area contributed by atoms with E-state index in [1.54, 1.807) is 0 Å². The summed E-state index contributed by atoms with van der Waals surface area (Å²) < 4.78 is 34.3. The number of benzene rings is 1. The molecule has 0 unspecified atom stereocenters. The number of sulfonamides is 1. The van der Waals surface area contributed by atoms with Crippen LogP contribution >= 0.6 is 15.9 Å². The van der Waals surface area contributed by atoms with Crippen LogP contribution in [0.5, 0.6) is 0 Å². The predicted octanol–water partition coefficient (Wildman–Crippen LogP) is 0.607. The quantitative estimate of drug-likeness (QED) is 0.850. The zero-order valence-corrected chi connectivity index (χ0v) is 11.0. The van der Waals surface area contributed by atoms with Gasteiger partial charge in [-0.2, -0.15) is 0 Å². The molecule has 94 valence electrons. The van der Waals surface area contributed by atoms with Gasteiger partial charge in [-0.1, -0.05) is 0 Å². The molecule has 3 N–H and O–H groups in total. The van der Waals surface area contributed by atoms with Crippen LogP contribution in [0, 0.1) is 5.82 Å². The smallest absolute Gasteiger partial charge is 0.251 e. The van der Waals surface area contributed by atoms with Gasteiger partial charge in [0.25, 0.3) is 5.91 Å². The van der Waals surface area contributed by atoms with Crippen molar-refractivity contribution >= 4 is 31.9 Å². The Bertz CT molecular complexity index is 533. The Morgan fingerprint density at radius 2 is 2.12 bits per heavy atom. The SMILES string of the molecule is NS(=O)(=O)CCNC(=O)c1ccc(F)c(Br)c1. The van der Waals surface area contributed by atoms with Crippen LogP contribution in [0.4, 0.5) is 4.39 Å². The highest BCUT2D eigenvalue weighted by molar-refractivity contribution is 9.10. The lowest BCUT2D eigenvalue weighted by atomic mass is 10.2. The van der Waals surface area contributed by atoms with E-state index in [9.17, 15) is 17.6 Å². The largest absolute Gasteiger partial charge is 0.351 e. The summed E-state index contributed by atoms with van der Waals surface area (Å²) in [6, 6.07) is 3.74. The number of nitrogens with two attached hydrogens (primary N) is 1. The van der Waals surface area contributed by atoms with E-state index in [-0.39, 0.29) is 22.3 Å². The monoisotopic (exact) mass is 324 g/mol. The fraction of sp³-hybridized carbons (Fsp3) is 0.222. The average molecular weight is 325 g/mol. The van der Waals surface area contributed by atoms with Gasteiger partial charge in [0.05, 0.1) is 10.2 Å². The van der Waals surface area contributed by atoms with Crippen molar-refractivity contribution in [1.29, 1.82) is 0 Å². The average Bonchev–Trinajstić information content (AvgIpc) is 2.20. The molecule has 1 aromatic rings. The molecule has 0 radical (unpaired) electrons. The van der Waals surface area contributed by atoms with Crippen LogP contribution < -0.4 is 10.5 Å². The molecule has 0 fully saturated rings. The third-order valence-electron chi connectivity index (χ3n) is 1.85. The number of carbonyl (C=O) groups is 1. The van der Waals surface area contributed by atoms with Crippen molar-refractivity contribution in [2.45, 2.75) is 0 Å². The molecule has 0 saturated heterocycles. The molecule has 0 aliphatic rings. The van der Waals surface area contributed by atoms with Gasteiger partial charge in [0.2, 0.25) is 10.0 Å². The lowest BCUT2D eigenvalue weighted by molar-refractivity contribution is 0.0956. The van der Waals surface area contributed by atoms with Gasteiger partial charge in [0.15, 0.2) is 0 Å². The Morgan fingerprint density at radius 3 is 2.65 bits per heavy atom. The maximum Gasteiger partial charge on any atom is 0.251 e. The molecule has 0 bridgehead atoms. The molecular weight excluding hydrogens is 315 g/mol. The minimum atomic E-state index is -3.60. The fourth-order valence-corrected chi connectivity index (χ4v) is 1.81. The molecule has 1 rings (SSSR count). The molecule has 0 atom stereocenters. The number of nitrogens with one attached hydrogen (secondary N) is 1. The summed E-state index contributed by atoms with van der Waals surface area (Å²) in [6.07, 6.45) is 0. The first-order valence-electron chi connectivity index (χ1n) is 4.53. The standard InChI is InChI=1S/C9H10BrFN2O3S/c10-7-5-6(1-2-8(7)11)9(14)13-3-4-17(12,15)16/h1-2,5H,3-4H2,(H,13,14)(H2,12,15,16). The van der Waals surface area contributed by atoms with Crippen LogP contribution in [0.25, 0.3) is 0 Å². The van der Waals surface area contributed by atoms with Crippen molar-refractivity contribution in [1.82, 2.24) is 5.32 Å². The summed E-state index contributed by atoms with van der Waals surface area (Å²) in [6.45, 7) is -0.0906. The predicted molar refractivity (Wildman–Crippen MR) is 64.4 cm³/mol. The Morgan fingerprint density at radius 1 is 1.47 bits per heavy atom. The van der Waals surface area contributed by atoms with E-state index in [2.05, 4.69) is 21.2 Å². The zero-order chi connectivity index (χ0) is 13.1. The van der Waals surface area contributed by atoms with Gasteiger partial charge >= 0.3 is 0 Å². The Labute approximate surface area is 106 Å². The molecule has 1 aromatic carbocycles. The molecule has 17 heavy (non-hydrogen) atoms. The second-order valence-electron chi connectivity index (χ2n) is 3.25. The van der Waals surface area contributed by atoms with E-state index >= 15 is 0 Å². The lowest BCUT2D eigenvalue weighted by Crippen LogP contribution is -2.31. The highest BCUT2D eigenvalue weighted by Gasteiger charge is 2.09. The number of carbonyl (C=O) groups excluding carboxylic acids is 1. The van der Waals surface area contributed by atoms with Crippen LogP contribution in [-0.2, 0) is 10.0 Å². The van der Waals surface area contributed by atoms with E-state index in [0.717, 1.165) is 6.07 Å². The first-order valence-corrected chi connectivity index (χ1v) is 7.04. The van der Waals surface area contributed by atoms with E-state index in [1.165, 1.54) is 12.1 Å². The van der Waals surface area contributed by atoms with E-state index in [4.69, 9.17) is 5.14 Å². The van der Waals surface area contributed by atoms with Crippen molar-refractivity contribution < 1.29 is 17.6 Å². The normalized spacial score (nSPS) is 11.2. The summed E-state index contributed by atoms with van der Waals surface area (Å²) in [7, 11) is -3.60. The van der Waals surface area contributed by atoms with Gasteiger partial charge in [-0.3, -0.25) is 4.79 Å². The minimum Gasteiger partial charge on any atom is -0.351 e. The molecule has 0 aromatic heterocycles. The topological polar surface area (TPSA) is 89.3 Å². The summed E-state index contributed by atoms with van der Waals surface area (Å²) in [5.74, 6) is -1.32. The summed E-state index contributed by atoms with van der Waals surface area (Å²) in [5, 5.41) is 7.13. The van der Waals surface area contributed by atoms with Crippen LogP contribution in [0.1, 0.15) is 10.4 Å².